The average Bonchev–Trinajstić information content (AvgIpc) is 3.23. The monoisotopic (exact) mass is 656 g/mol. The lowest BCUT2D eigenvalue weighted by Crippen LogP contribution is -2.42. The summed E-state index contributed by atoms with van der Waals surface area (Å²) >= 11 is 10.6. The molecule has 2 N–H and O–H groups in total. The first kappa shape index (κ1) is 29.3. The summed E-state index contributed by atoms with van der Waals surface area (Å²) in [6.45, 7) is 0.209. The molecule has 3 aromatic rings. The zero-order valence-electron chi connectivity index (χ0n) is 20.9. The number of carbonyl (C=O) groups excluding carboxylic acids is 1. The number of benzene rings is 2. The molecule has 13 heteroatoms. The fraction of sp³-hybridized carbons (Fsp3) is 0.308. The lowest BCUT2D eigenvalue weighted by molar-refractivity contribution is -0.139. The number of hydrogen-bond donors (Lipinski definition) is 2. The number of methoxy groups -OCH3 is 1. The number of aliphatic carboxylic acids is 1. The second kappa shape index (κ2) is 12.7. The number of carboxylic acid groups (broad SMARTS) is 1. The lowest BCUT2D eigenvalue weighted by Gasteiger charge is -2.32. The molecule has 0 radical (unpaired) electrons. The third kappa shape index (κ3) is 7.31. The van der Waals surface area contributed by atoms with E-state index in [0.29, 0.717) is 45.9 Å². The number of rotatable bonds is 10. The van der Waals surface area contributed by atoms with Crippen molar-refractivity contribution in [1.82, 2.24) is 4.31 Å². The molecule has 1 aliphatic heterocycles. The molecule has 1 saturated heterocycles. The molecule has 0 spiro atoms. The number of nitrogens with one attached hydrogen (secondary N) is 1. The van der Waals surface area contributed by atoms with Crippen molar-refractivity contribution in [3.05, 3.63) is 68.5 Å². The first-order chi connectivity index (χ1) is 18.6. The molecule has 0 bridgehead atoms. The maximum atomic E-state index is 12.9. The second-order valence-corrected chi connectivity index (χ2v) is 13.1. The van der Waals surface area contributed by atoms with Crippen molar-refractivity contribution < 1.29 is 32.6 Å². The van der Waals surface area contributed by atoms with E-state index in [1.807, 2.05) is 24.3 Å². The standard InChI is InChI=1S/C26H26BrClN2O7S2/c1-36-26(33)25-23(37-14-21(31)32)22(27)24(38-25)17-5-3-7-20(13-17)29-19-8-10-30(11-9-19)39(34,35)15-16-4-2-6-18(28)12-16/h2-7,12-13,19,29H,8-11,14-15H2,1H3,(H,31,32). The van der Waals surface area contributed by atoms with Crippen LogP contribution in [-0.4, -0.2) is 62.6 Å². The highest BCUT2D eigenvalue weighted by Gasteiger charge is 2.29. The summed E-state index contributed by atoms with van der Waals surface area (Å²) in [5.74, 6) is -1.76. The van der Waals surface area contributed by atoms with Crippen molar-refractivity contribution in [2.24, 2.45) is 0 Å². The first-order valence-electron chi connectivity index (χ1n) is 11.9. The quantitative estimate of drug-likeness (QED) is 0.275. The first-order valence-corrected chi connectivity index (χ1v) is 15.5. The molecule has 0 atom stereocenters. The highest BCUT2D eigenvalue weighted by atomic mass is 79.9. The minimum atomic E-state index is -3.46. The van der Waals surface area contributed by atoms with Gasteiger partial charge in [0.15, 0.2) is 17.2 Å². The predicted octanol–water partition coefficient (Wildman–Crippen LogP) is 5.49. The van der Waals surface area contributed by atoms with Crippen LogP contribution in [-0.2, 0) is 25.3 Å². The highest BCUT2D eigenvalue weighted by Crippen LogP contribution is 2.46. The summed E-state index contributed by atoms with van der Waals surface area (Å²) in [5, 5.41) is 13.0. The SMILES string of the molecule is COC(=O)c1sc(-c2cccc(NC3CCN(S(=O)(=O)Cc4cccc(Cl)c4)CC3)c2)c(Br)c1OCC(=O)O. The zero-order chi connectivity index (χ0) is 28.2. The van der Waals surface area contributed by atoms with E-state index in [1.165, 1.54) is 11.4 Å². The van der Waals surface area contributed by atoms with Crippen LogP contribution in [0.5, 0.6) is 5.75 Å². The minimum absolute atomic E-state index is 0.0738. The summed E-state index contributed by atoms with van der Waals surface area (Å²) in [5.41, 5.74) is 2.28. The molecule has 0 unspecified atom stereocenters. The van der Waals surface area contributed by atoms with Crippen LogP contribution < -0.4 is 10.1 Å². The number of nitrogens with zero attached hydrogens (tertiary/aromatic N) is 1. The van der Waals surface area contributed by atoms with Gasteiger partial charge in [-0.05, 0) is 64.2 Å². The number of ether oxygens (including phenoxy) is 2. The summed E-state index contributed by atoms with van der Waals surface area (Å²) in [4.78, 5) is 24.1. The van der Waals surface area contributed by atoms with Gasteiger partial charge < -0.3 is 19.9 Å². The highest BCUT2D eigenvalue weighted by molar-refractivity contribution is 9.10. The molecule has 4 rings (SSSR count). The fourth-order valence-electron chi connectivity index (χ4n) is 4.26. The van der Waals surface area contributed by atoms with E-state index < -0.39 is 28.6 Å². The van der Waals surface area contributed by atoms with Crippen molar-refractivity contribution in [3.8, 4) is 16.2 Å². The van der Waals surface area contributed by atoms with Gasteiger partial charge in [-0.2, -0.15) is 0 Å². The maximum absolute atomic E-state index is 12.9. The average molecular weight is 658 g/mol. The third-order valence-electron chi connectivity index (χ3n) is 6.10. The lowest BCUT2D eigenvalue weighted by atomic mass is 10.1. The smallest absolute Gasteiger partial charge is 0.351 e. The van der Waals surface area contributed by atoms with E-state index in [4.69, 9.17) is 26.2 Å². The van der Waals surface area contributed by atoms with Crippen LogP contribution in [0.25, 0.3) is 10.4 Å². The Morgan fingerprint density at radius 3 is 2.56 bits per heavy atom. The number of sulfonamides is 1. The molecular formula is C26H26BrClN2O7S2. The summed E-state index contributed by atoms with van der Waals surface area (Å²) in [7, 11) is -2.22. The Labute approximate surface area is 243 Å². The van der Waals surface area contributed by atoms with Gasteiger partial charge in [-0.15, -0.1) is 11.3 Å². The Balaban J connectivity index is 1.44. The van der Waals surface area contributed by atoms with Gasteiger partial charge in [0.05, 0.1) is 22.2 Å². The van der Waals surface area contributed by atoms with Crippen LogP contribution in [0.15, 0.2) is 53.0 Å². The van der Waals surface area contributed by atoms with E-state index in [9.17, 15) is 18.0 Å². The molecule has 0 aliphatic carbocycles. The molecule has 208 valence electrons. The van der Waals surface area contributed by atoms with Crippen molar-refractivity contribution in [2.75, 3.05) is 32.1 Å². The predicted molar refractivity (Wildman–Crippen MR) is 154 cm³/mol. The number of halogens is 2. The molecule has 9 nitrogen and oxygen atoms in total. The Bertz CT molecular complexity index is 1470. The number of carbonyl (C=O) groups is 2. The van der Waals surface area contributed by atoms with Crippen molar-refractivity contribution in [1.29, 1.82) is 0 Å². The molecule has 0 amide bonds. The van der Waals surface area contributed by atoms with Crippen LogP contribution >= 0.6 is 38.9 Å². The maximum Gasteiger partial charge on any atom is 0.351 e. The Kier molecular flexibility index (Phi) is 9.55. The molecule has 1 fully saturated rings. The Hall–Kier alpha value is -2.64. The van der Waals surface area contributed by atoms with Gasteiger partial charge in [-0.3, -0.25) is 0 Å². The van der Waals surface area contributed by atoms with Crippen molar-refractivity contribution in [2.45, 2.75) is 24.6 Å². The normalized spacial score (nSPS) is 14.6. The van der Waals surface area contributed by atoms with Crippen LogP contribution in [0.4, 0.5) is 5.69 Å². The Morgan fingerprint density at radius 1 is 1.18 bits per heavy atom. The molecular weight excluding hydrogens is 632 g/mol. The van der Waals surface area contributed by atoms with Crippen LogP contribution in [0, 0.1) is 0 Å². The molecule has 1 aromatic heterocycles. The van der Waals surface area contributed by atoms with E-state index in [0.717, 1.165) is 22.6 Å². The molecule has 1 aliphatic rings. The number of anilines is 1. The van der Waals surface area contributed by atoms with E-state index in [-0.39, 0.29) is 22.4 Å². The summed E-state index contributed by atoms with van der Waals surface area (Å²) < 4.78 is 38.1. The number of esters is 1. The summed E-state index contributed by atoms with van der Waals surface area (Å²) in [6, 6.07) is 14.5. The van der Waals surface area contributed by atoms with Gasteiger partial charge in [0, 0.05) is 29.8 Å². The topological polar surface area (TPSA) is 122 Å². The van der Waals surface area contributed by atoms with Gasteiger partial charge >= 0.3 is 11.9 Å². The third-order valence-corrected chi connectivity index (χ3v) is 10.4. The van der Waals surface area contributed by atoms with E-state index in [1.54, 1.807) is 24.3 Å². The molecule has 0 saturated carbocycles. The van der Waals surface area contributed by atoms with Gasteiger partial charge in [-0.1, -0.05) is 35.9 Å². The van der Waals surface area contributed by atoms with Crippen molar-refractivity contribution >= 4 is 66.5 Å². The molecule has 39 heavy (non-hydrogen) atoms. The van der Waals surface area contributed by atoms with Crippen molar-refractivity contribution in [3.63, 3.8) is 0 Å². The van der Waals surface area contributed by atoms with Crippen LogP contribution in [0.3, 0.4) is 0 Å². The van der Waals surface area contributed by atoms with E-state index >= 15 is 0 Å². The molecule has 2 aromatic carbocycles. The minimum Gasteiger partial charge on any atom is -0.479 e. The van der Waals surface area contributed by atoms with Crippen LogP contribution in [0.1, 0.15) is 28.1 Å². The van der Waals surface area contributed by atoms with E-state index in [2.05, 4.69) is 21.2 Å². The zero-order valence-corrected chi connectivity index (χ0v) is 24.8. The largest absolute Gasteiger partial charge is 0.479 e. The number of piperidine rings is 1. The number of thiophene rings is 1. The van der Waals surface area contributed by atoms with Crippen LogP contribution in [0.2, 0.25) is 5.02 Å². The fourth-order valence-corrected chi connectivity index (χ4v) is 8.00. The van der Waals surface area contributed by atoms with Gasteiger partial charge in [0.25, 0.3) is 0 Å². The number of hydrogen-bond acceptors (Lipinski definition) is 8. The van der Waals surface area contributed by atoms with Gasteiger partial charge in [0.2, 0.25) is 10.0 Å². The Morgan fingerprint density at radius 2 is 1.90 bits per heavy atom. The molecule has 2 heterocycles. The summed E-state index contributed by atoms with van der Waals surface area (Å²) in [6.07, 6.45) is 1.28. The van der Waals surface area contributed by atoms with Gasteiger partial charge in [-0.25, -0.2) is 22.3 Å². The second-order valence-electron chi connectivity index (χ2n) is 8.86. The number of carboxylic acids is 1. The van der Waals surface area contributed by atoms with Gasteiger partial charge in [0.1, 0.15) is 0 Å².